The van der Waals surface area contributed by atoms with E-state index in [0.717, 1.165) is 5.65 Å². The molecule has 0 aromatic carbocycles. The Labute approximate surface area is 91.2 Å². The van der Waals surface area contributed by atoms with Gasteiger partial charge >= 0.3 is 0 Å². The normalized spacial score (nSPS) is 11.0. The van der Waals surface area contributed by atoms with Gasteiger partial charge in [0.1, 0.15) is 6.33 Å². The first-order chi connectivity index (χ1) is 7.07. The summed E-state index contributed by atoms with van der Waals surface area (Å²) in [4.78, 5) is 0. The van der Waals surface area contributed by atoms with E-state index < -0.39 is 0 Å². The number of nitrogens with zero attached hydrogens (tertiary/aromatic N) is 3. The van der Waals surface area contributed by atoms with Crippen molar-refractivity contribution < 1.29 is 0 Å². The Morgan fingerprint density at radius 1 is 1.13 bits per heavy atom. The Bertz CT molecular complexity index is 424. The number of fused-ring (bicyclic) bond motifs is 1. The van der Waals surface area contributed by atoms with Crippen molar-refractivity contribution in [3.05, 3.63) is 30.2 Å². The molecular weight excluding hydrogens is 186 g/mol. The molecule has 0 aliphatic carbocycles. The van der Waals surface area contributed by atoms with Crippen LogP contribution in [0.1, 0.15) is 40.2 Å². The topological polar surface area (TPSA) is 30.2 Å². The van der Waals surface area contributed by atoms with E-state index in [1.807, 2.05) is 24.3 Å². The smallest absolute Gasteiger partial charge is 0.160 e. The summed E-state index contributed by atoms with van der Waals surface area (Å²) in [6, 6.07) is 4.09. The lowest BCUT2D eigenvalue weighted by atomic mass is 9.88. The third kappa shape index (κ3) is 2.55. The summed E-state index contributed by atoms with van der Waals surface area (Å²) in [5.74, 6) is 0. The van der Waals surface area contributed by atoms with Crippen LogP contribution in [-0.2, 0) is 5.41 Å². The zero-order valence-corrected chi connectivity index (χ0v) is 10.2. The average Bonchev–Trinajstić information content (AvgIpc) is 2.66. The summed E-state index contributed by atoms with van der Waals surface area (Å²) in [7, 11) is 0. The average molecular weight is 205 g/mol. The first kappa shape index (κ1) is 11.7. The maximum atomic E-state index is 3.95. The molecule has 3 heteroatoms. The Morgan fingerprint density at radius 3 is 2.40 bits per heavy atom. The molecule has 0 radical (unpaired) electrons. The van der Waals surface area contributed by atoms with Gasteiger partial charge in [0.05, 0.1) is 0 Å². The van der Waals surface area contributed by atoms with Crippen LogP contribution in [0.2, 0.25) is 0 Å². The Balaban J connectivity index is 0.000000531. The van der Waals surface area contributed by atoms with E-state index in [0.29, 0.717) is 0 Å². The van der Waals surface area contributed by atoms with Crippen LogP contribution >= 0.6 is 0 Å². The van der Waals surface area contributed by atoms with Crippen molar-refractivity contribution in [2.75, 3.05) is 0 Å². The standard InChI is InChI=1S/C10H13N3.C2H6/c1-10(2,3)8-4-5-9-12-11-7-13(9)6-8;1-2/h4-7H,1-3H3;1-2H3. The van der Waals surface area contributed by atoms with Crippen molar-refractivity contribution in [2.45, 2.75) is 40.0 Å². The first-order valence-corrected chi connectivity index (χ1v) is 5.37. The van der Waals surface area contributed by atoms with E-state index in [-0.39, 0.29) is 5.41 Å². The van der Waals surface area contributed by atoms with Crippen LogP contribution < -0.4 is 0 Å². The van der Waals surface area contributed by atoms with Gasteiger partial charge in [0.25, 0.3) is 0 Å². The molecule has 0 aliphatic rings. The summed E-state index contributed by atoms with van der Waals surface area (Å²) >= 11 is 0. The van der Waals surface area contributed by atoms with E-state index in [2.05, 4.69) is 43.2 Å². The van der Waals surface area contributed by atoms with E-state index in [1.165, 1.54) is 5.56 Å². The van der Waals surface area contributed by atoms with Gasteiger partial charge < -0.3 is 0 Å². The van der Waals surface area contributed by atoms with Crippen LogP contribution in [0, 0.1) is 0 Å². The molecule has 0 amide bonds. The zero-order valence-electron chi connectivity index (χ0n) is 10.2. The molecule has 82 valence electrons. The third-order valence-electron chi connectivity index (χ3n) is 2.16. The van der Waals surface area contributed by atoms with Crippen molar-refractivity contribution >= 4 is 5.65 Å². The highest BCUT2D eigenvalue weighted by Crippen LogP contribution is 2.21. The second-order valence-electron chi connectivity index (χ2n) is 4.26. The van der Waals surface area contributed by atoms with Gasteiger partial charge in [-0.3, -0.25) is 4.40 Å². The fourth-order valence-electron chi connectivity index (χ4n) is 1.27. The lowest BCUT2D eigenvalue weighted by Crippen LogP contribution is -2.11. The second kappa shape index (κ2) is 4.43. The number of hydrogen-bond acceptors (Lipinski definition) is 2. The van der Waals surface area contributed by atoms with Crippen LogP contribution in [-0.4, -0.2) is 14.6 Å². The third-order valence-corrected chi connectivity index (χ3v) is 2.16. The van der Waals surface area contributed by atoms with Crippen LogP contribution in [0.4, 0.5) is 0 Å². The summed E-state index contributed by atoms with van der Waals surface area (Å²) < 4.78 is 1.95. The number of hydrogen-bond donors (Lipinski definition) is 0. The Hall–Kier alpha value is -1.38. The Morgan fingerprint density at radius 2 is 1.80 bits per heavy atom. The molecule has 0 aliphatic heterocycles. The molecule has 2 aromatic rings. The van der Waals surface area contributed by atoms with E-state index >= 15 is 0 Å². The number of pyridine rings is 1. The Kier molecular flexibility index (Phi) is 3.45. The molecule has 0 bridgehead atoms. The molecule has 0 fully saturated rings. The summed E-state index contributed by atoms with van der Waals surface area (Å²) in [6.07, 6.45) is 3.81. The quantitative estimate of drug-likeness (QED) is 0.661. The molecule has 2 heterocycles. The zero-order chi connectivity index (χ0) is 11.5. The second-order valence-corrected chi connectivity index (χ2v) is 4.26. The van der Waals surface area contributed by atoms with Gasteiger partial charge in [-0.15, -0.1) is 10.2 Å². The summed E-state index contributed by atoms with van der Waals surface area (Å²) in [6.45, 7) is 10.6. The fraction of sp³-hybridized carbons (Fsp3) is 0.500. The molecule has 0 saturated heterocycles. The minimum atomic E-state index is 0.179. The minimum Gasteiger partial charge on any atom is -0.289 e. The molecule has 2 aromatic heterocycles. The highest BCUT2D eigenvalue weighted by atomic mass is 15.2. The predicted octanol–water partition coefficient (Wildman–Crippen LogP) is 3.05. The SMILES string of the molecule is CC.CC(C)(C)c1ccc2nncn2c1. The molecule has 0 unspecified atom stereocenters. The lowest BCUT2D eigenvalue weighted by Gasteiger charge is -2.18. The maximum Gasteiger partial charge on any atom is 0.160 e. The van der Waals surface area contributed by atoms with Crippen molar-refractivity contribution in [2.24, 2.45) is 0 Å². The molecule has 2 rings (SSSR count). The van der Waals surface area contributed by atoms with Crippen LogP contribution in [0.25, 0.3) is 5.65 Å². The highest BCUT2D eigenvalue weighted by molar-refractivity contribution is 5.39. The van der Waals surface area contributed by atoms with Crippen molar-refractivity contribution in [1.29, 1.82) is 0 Å². The molecule has 0 N–H and O–H groups in total. The monoisotopic (exact) mass is 205 g/mol. The van der Waals surface area contributed by atoms with Crippen LogP contribution in [0.3, 0.4) is 0 Å². The van der Waals surface area contributed by atoms with Crippen molar-refractivity contribution in [3.63, 3.8) is 0 Å². The predicted molar refractivity (Wildman–Crippen MR) is 63.0 cm³/mol. The molecular formula is C12H19N3. The maximum absolute atomic E-state index is 3.95. The number of aromatic nitrogens is 3. The molecule has 3 nitrogen and oxygen atoms in total. The largest absolute Gasteiger partial charge is 0.289 e. The lowest BCUT2D eigenvalue weighted by molar-refractivity contribution is 0.586. The number of rotatable bonds is 0. The summed E-state index contributed by atoms with van der Waals surface area (Å²) in [5.41, 5.74) is 2.37. The van der Waals surface area contributed by atoms with Gasteiger partial charge in [0, 0.05) is 6.20 Å². The summed E-state index contributed by atoms with van der Waals surface area (Å²) in [5, 5.41) is 7.79. The van der Waals surface area contributed by atoms with E-state index in [1.54, 1.807) is 6.33 Å². The van der Waals surface area contributed by atoms with Crippen molar-refractivity contribution in [1.82, 2.24) is 14.6 Å². The van der Waals surface area contributed by atoms with Gasteiger partial charge in [-0.2, -0.15) is 0 Å². The van der Waals surface area contributed by atoms with Gasteiger partial charge in [-0.1, -0.05) is 40.7 Å². The van der Waals surface area contributed by atoms with Gasteiger partial charge in [0.2, 0.25) is 0 Å². The van der Waals surface area contributed by atoms with Crippen molar-refractivity contribution in [3.8, 4) is 0 Å². The van der Waals surface area contributed by atoms with Gasteiger partial charge in [-0.05, 0) is 17.0 Å². The van der Waals surface area contributed by atoms with Crippen LogP contribution in [0.5, 0.6) is 0 Å². The molecule has 15 heavy (non-hydrogen) atoms. The van der Waals surface area contributed by atoms with Crippen LogP contribution in [0.15, 0.2) is 24.7 Å². The highest BCUT2D eigenvalue weighted by Gasteiger charge is 2.13. The minimum absolute atomic E-state index is 0.179. The first-order valence-electron chi connectivity index (χ1n) is 5.37. The van der Waals surface area contributed by atoms with Gasteiger partial charge in [-0.25, -0.2) is 0 Å². The van der Waals surface area contributed by atoms with E-state index in [9.17, 15) is 0 Å². The molecule has 0 spiro atoms. The fourth-order valence-corrected chi connectivity index (χ4v) is 1.27. The van der Waals surface area contributed by atoms with Gasteiger partial charge in [0.15, 0.2) is 5.65 Å². The van der Waals surface area contributed by atoms with E-state index in [4.69, 9.17) is 0 Å². The molecule has 0 atom stereocenters. The molecule has 0 saturated carbocycles.